The SMILES string of the molecule is CCCCCCOc1ccc(C(=O)C[C@@H](CCNC(=O)OC(C)(C)C)C(=O)N(C)[C@@H]2C(=O)C[C@@H](C)C(=O)N[C@H](C(=O)O)Cc3ccc(OCCNC(=O)OC(C)(C)C)c(c3)-c3cc2ccc3OCCC)c(Cl)c1. The summed E-state index contributed by atoms with van der Waals surface area (Å²) in [5.41, 5.74) is 0.359. The minimum Gasteiger partial charge on any atom is -0.494 e. The lowest BCUT2D eigenvalue weighted by Gasteiger charge is -2.32. The third-order valence-corrected chi connectivity index (χ3v) is 12.0. The van der Waals surface area contributed by atoms with Gasteiger partial charge in [-0.15, -0.1) is 0 Å². The zero-order valence-electron chi connectivity index (χ0n) is 44.1. The van der Waals surface area contributed by atoms with Crippen molar-refractivity contribution in [3.63, 3.8) is 0 Å². The molecule has 0 saturated carbocycles. The van der Waals surface area contributed by atoms with Gasteiger partial charge in [0.25, 0.3) is 0 Å². The third-order valence-electron chi connectivity index (χ3n) is 11.6. The summed E-state index contributed by atoms with van der Waals surface area (Å²) < 4.78 is 29.2. The van der Waals surface area contributed by atoms with Gasteiger partial charge in [0.2, 0.25) is 11.8 Å². The maximum Gasteiger partial charge on any atom is 0.407 e. The van der Waals surface area contributed by atoms with Crippen molar-refractivity contribution >= 4 is 53.1 Å². The van der Waals surface area contributed by atoms with Crippen molar-refractivity contribution in [1.82, 2.24) is 20.9 Å². The fraction of sp³-hybridized carbons (Fsp3) is 0.545. The van der Waals surface area contributed by atoms with E-state index >= 15 is 4.79 Å². The monoisotopic (exact) mass is 1030 g/mol. The van der Waals surface area contributed by atoms with Gasteiger partial charge in [0.1, 0.15) is 47.1 Å². The molecule has 400 valence electrons. The molecule has 17 nitrogen and oxygen atoms in total. The van der Waals surface area contributed by atoms with Crippen LogP contribution in [0.15, 0.2) is 54.6 Å². The molecule has 73 heavy (non-hydrogen) atoms. The van der Waals surface area contributed by atoms with Crippen LogP contribution in [0.2, 0.25) is 5.02 Å². The molecule has 0 spiro atoms. The number of unbranched alkanes of at least 4 members (excludes halogenated alkanes) is 3. The van der Waals surface area contributed by atoms with Gasteiger partial charge < -0.3 is 49.6 Å². The average Bonchev–Trinajstić information content (AvgIpc) is 3.30. The largest absolute Gasteiger partial charge is 0.494 e. The van der Waals surface area contributed by atoms with Crippen LogP contribution in [0.3, 0.4) is 0 Å². The molecule has 1 aliphatic heterocycles. The van der Waals surface area contributed by atoms with Crippen molar-refractivity contribution in [2.24, 2.45) is 11.8 Å². The topological polar surface area (TPSA) is 225 Å². The molecule has 0 unspecified atom stereocenters. The van der Waals surface area contributed by atoms with E-state index in [1.807, 2.05) is 6.92 Å². The van der Waals surface area contributed by atoms with Gasteiger partial charge in [-0.05, 0) is 114 Å². The Kier molecular flexibility index (Phi) is 22.4. The number of hydrogen-bond acceptors (Lipinski definition) is 12. The highest BCUT2D eigenvalue weighted by atomic mass is 35.5. The number of Topliss-reactive ketones (excluding diaryl/α,β-unsaturated/α-hetero) is 2. The summed E-state index contributed by atoms with van der Waals surface area (Å²) in [5.74, 6) is -4.57. The lowest BCUT2D eigenvalue weighted by molar-refractivity contribution is -0.144. The molecule has 1 aliphatic rings. The van der Waals surface area contributed by atoms with E-state index in [0.717, 1.165) is 25.7 Å². The second-order valence-electron chi connectivity index (χ2n) is 20.3. The fourth-order valence-electron chi connectivity index (χ4n) is 8.07. The molecule has 1 heterocycles. The van der Waals surface area contributed by atoms with E-state index in [0.29, 0.717) is 59.1 Å². The van der Waals surface area contributed by atoms with Crippen molar-refractivity contribution in [2.75, 3.05) is 40.0 Å². The summed E-state index contributed by atoms with van der Waals surface area (Å²) in [6.07, 6.45) is 2.39. The van der Waals surface area contributed by atoms with E-state index in [1.54, 1.807) is 96.1 Å². The standard InChI is InChI=1S/C55H75ClN4O13/c1-11-13-14-15-26-69-38-18-19-39(42(56)33-38)44(61)32-37(22-23-57-52(67)72-54(4,5)6)50(64)60(10)48-36-17-21-47(70-25-12-2)41(31-36)40-29-35(30-43(51(65)66)59-49(63)34(3)28-45(48)62)16-20-46(40)71-27-24-58-53(68)73-55(7,8)9/h16-21,29,31,33-34,37,43,48H,11-15,22-28,30,32H2,1-10H3,(H,57,67)(H,58,68)(H,59,63)(H,65,66)/t34-,37-,43+,48+/m1/s1. The Labute approximate surface area is 434 Å². The summed E-state index contributed by atoms with van der Waals surface area (Å²) in [6.45, 7) is 16.7. The molecule has 4 rings (SSSR count). The van der Waals surface area contributed by atoms with Gasteiger partial charge in [-0.2, -0.15) is 0 Å². The number of ether oxygens (including phenoxy) is 5. The predicted octanol–water partition coefficient (Wildman–Crippen LogP) is 9.68. The van der Waals surface area contributed by atoms with Gasteiger partial charge in [0.05, 0.1) is 24.8 Å². The van der Waals surface area contributed by atoms with Crippen LogP contribution in [0.1, 0.15) is 141 Å². The highest BCUT2D eigenvalue weighted by Gasteiger charge is 2.37. The smallest absolute Gasteiger partial charge is 0.407 e. The number of hydrogen-bond donors (Lipinski definition) is 4. The van der Waals surface area contributed by atoms with Crippen LogP contribution in [0.25, 0.3) is 11.1 Å². The number of amides is 4. The molecule has 0 fully saturated rings. The van der Waals surface area contributed by atoms with Gasteiger partial charge in [0.15, 0.2) is 11.6 Å². The quantitative estimate of drug-likeness (QED) is 0.0544. The number of alkyl carbamates (subject to hydrolysis) is 2. The first-order valence-electron chi connectivity index (χ1n) is 25.2. The number of carbonyl (C=O) groups excluding carboxylic acids is 6. The Morgan fingerprint density at radius 3 is 2.01 bits per heavy atom. The van der Waals surface area contributed by atoms with Gasteiger partial charge in [-0.25, -0.2) is 14.4 Å². The van der Waals surface area contributed by atoms with Gasteiger partial charge in [-0.3, -0.25) is 19.2 Å². The highest BCUT2D eigenvalue weighted by molar-refractivity contribution is 6.34. The number of nitrogens with one attached hydrogen (secondary N) is 3. The fourth-order valence-corrected chi connectivity index (χ4v) is 8.35. The molecule has 4 amide bonds. The van der Waals surface area contributed by atoms with Crippen molar-refractivity contribution < 1.29 is 62.4 Å². The number of halogens is 1. The van der Waals surface area contributed by atoms with Crippen molar-refractivity contribution in [3.8, 4) is 28.4 Å². The van der Waals surface area contributed by atoms with Crippen molar-refractivity contribution in [2.45, 2.75) is 143 Å². The Morgan fingerprint density at radius 2 is 1.40 bits per heavy atom. The second kappa shape index (κ2) is 27.6. The predicted molar refractivity (Wildman–Crippen MR) is 277 cm³/mol. The lowest BCUT2D eigenvalue weighted by atomic mass is 9.88. The number of likely N-dealkylation sites (N-methyl/N-ethyl adjacent to an activating group) is 1. The van der Waals surface area contributed by atoms with E-state index in [1.165, 1.54) is 18.9 Å². The van der Waals surface area contributed by atoms with Crippen LogP contribution in [-0.4, -0.2) is 109 Å². The number of benzene rings is 3. The van der Waals surface area contributed by atoms with Crippen LogP contribution in [0.4, 0.5) is 9.59 Å². The zero-order valence-corrected chi connectivity index (χ0v) is 44.8. The molecular formula is C55H75ClN4O13. The van der Waals surface area contributed by atoms with Gasteiger partial charge in [0, 0.05) is 61.4 Å². The second-order valence-corrected chi connectivity index (χ2v) is 20.7. The summed E-state index contributed by atoms with van der Waals surface area (Å²) in [5, 5.41) is 18.4. The van der Waals surface area contributed by atoms with Gasteiger partial charge >= 0.3 is 18.2 Å². The number of nitrogens with zero attached hydrogens (tertiary/aromatic N) is 1. The molecule has 0 aliphatic carbocycles. The molecule has 0 radical (unpaired) electrons. The van der Waals surface area contributed by atoms with Crippen LogP contribution in [0.5, 0.6) is 17.2 Å². The van der Waals surface area contributed by atoms with Gasteiger partial charge in [-0.1, -0.05) is 63.8 Å². The maximum absolute atomic E-state index is 15.1. The maximum atomic E-state index is 15.1. The van der Waals surface area contributed by atoms with Crippen molar-refractivity contribution in [1.29, 1.82) is 0 Å². The Hall–Kier alpha value is -6.36. The minimum absolute atomic E-state index is 0.00830. The van der Waals surface area contributed by atoms with Crippen molar-refractivity contribution in [3.05, 3.63) is 76.3 Å². The van der Waals surface area contributed by atoms with E-state index in [4.69, 9.17) is 35.3 Å². The summed E-state index contributed by atoms with van der Waals surface area (Å²) in [4.78, 5) is 97.0. The number of rotatable bonds is 22. The van der Waals surface area contributed by atoms with Crippen LogP contribution in [0, 0.1) is 11.8 Å². The zero-order chi connectivity index (χ0) is 54.0. The number of carboxylic acids is 1. The number of ketones is 2. The number of fused-ring (bicyclic) bond motifs is 5. The molecule has 0 saturated heterocycles. The highest BCUT2D eigenvalue weighted by Crippen LogP contribution is 2.41. The first kappa shape index (κ1) is 59.2. The molecule has 3 aromatic rings. The van der Waals surface area contributed by atoms with E-state index in [9.17, 15) is 33.9 Å². The van der Waals surface area contributed by atoms with E-state index in [-0.39, 0.29) is 49.5 Å². The van der Waals surface area contributed by atoms with Crippen LogP contribution >= 0.6 is 11.6 Å². The normalized spacial score (nSPS) is 16.5. The third kappa shape index (κ3) is 18.9. The lowest BCUT2D eigenvalue weighted by Crippen LogP contribution is -2.46. The molecule has 4 N–H and O–H groups in total. The Morgan fingerprint density at radius 1 is 0.767 bits per heavy atom. The molecule has 4 atom stereocenters. The number of carbonyl (C=O) groups is 7. The van der Waals surface area contributed by atoms with E-state index in [2.05, 4.69) is 22.9 Å². The Bertz CT molecular complexity index is 2410. The minimum atomic E-state index is -1.38. The number of carboxylic acid groups (broad SMARTS) is 1. The average molecular weight is 1040 g/mol. The summed E-state index contributed by atoms with van der Waals surface area (Å²) >= 11 is 6.69. The molecule has 0 aromatic heterocycles. The van der Waals surface area contributed by atoms with Crippen LogP contribution in [-0.2, 0) is 35.1 Å². The van der Waals surface area contributed by atoms with E-state index < -0.39 is 83.1 Å². The summed E-state index contributed by atoms with van der Waals surface area (Å²) in [7, 11) is 1.44. The molecule has 4 bridgehead atoms. The first-order chi connectivity index (χ1) is 34.4. The number of aliphatic carboxylic acids is 1. The first-order valence-corrected chi connectivity index (χ1v) is 25.5. The molecule has 3 aromatic carbocycles. The summed E-state index contributed by atoms with van der Waals surface area (Å²) in [6, 6.07) is 12.1. The molecule has 18 heteroatoms. The molecular weight excluding hydrogens is 960 g/mol. The Balaban J connectivity index is 1.82. The van der Waals surface area contributed by atoms with Crippen LogP contribution < -0.4 is 30.2 Å².